The summed E-state index contributed by atoms with van der Waals surface area (Å²) in [6.07, 6.45) is 4.46. The van der Waals surface area contributed by atoms with Crippen molar-refractivity contribution in [2.24, 2.45) is 5.92 Å². The van der Waals surface area contributed by atoms with Gasteiger partial charge in [-0.2, -0.15) is 5.10 Å². The van der Waals surface area contributed by atoms with Crippen LogP contribution in [0.5, 0.6) is 0 Å². The van der Waals surface area contributed by atoms with Crippen LogP contribution in [-0.4, -0.2) is 39.1 Å². The first-order chi connectivity index (χ1) is 16.9. The number of carboxylic acid groups (broad SMARTS) is 1. The number of halogens is 3. The highest BCUT2D eigenvalue weighted by molar-refractivity contribution is 6.00. The Morgan fingerprint density at radius 3 is 2.57 bits per heavy atom. The van der Waals surface area contributed by atoms with Crippen LogP contribution in [0.3, 0.4) is 0 Å². The van der Waals surface area contributed by atoms with E-state index in [9.17, 15) is 18.7 Å². The fourth-order valence-corrected chi connectivity index (χ4v) is 6.01. The number of aromatic nitrogens is 3. The Labute approximate surface area is 198 Å². The van der Waals surface area contributed by atoms with Crippen molar-refractivity contribution in [1.82, 2.24) is 14.8 Å². The monoisotopic (exact) mass is 483 g/mol. The summed E-state index contributed by atoms with van der Waals surface area (Å²) in [6, 6.07) is 5.52. The summed E-state index contributed by atoms with van der Waals surface area (Å²) in [5.74, 6) is -3.92. The van der Waals surface area contributed by atoms with E-state index in [1.54, 1.807) is 0 Å². The zero-order valence-electron chi connectivity index (χ0n) is 18.9. The number of nitrogens with zero attached hydrogens (tertiary/aromatic N) is 2. The van der Waals surface area contributed by atoms with Crippen LogP contribution in [0.1, 0.15) is 55.2 Å². The molecule has 35 heavy (non-hydrogen) atoms. The molecule has 1 saturated heterocycles. The Bertz CT molecular complexity index is 1450. The standard InChI is InChI=1S/C26H24F3N3O3/c27-18-4-3-17(11-19(18)28)32-20-10-16-12-30-31-24(16)23(29)22(20)21(14-1-2-15(9-14)26(33)34)25(32)13-5-7-35-8-6-13/h3-4,10-15H,1-2,5-9H2,(H,30,31)(H,33,34). The molecule has 182 valence electrons. The molecule has 3 heterocycles. The van der Waals surface area contributed by atoms with Crippen molar-refractivity contribution in [2.75, 3.05) is 13.2 Å². The first kappa shape index (κ1) is 22.2. The van der Waals surface area contributed by atoms with Crippen LogP contribution in [0.15, 0.2) is 30.5 Å². The number of carbonyl (C=O) groups is 1. The molecule has 2 aromatic carbocycles. The van der Waals surface area contributed by atoms with Gasteiger partial charge in [0.05, 0.1) is 17.6 Å². The average Bonchev–Trinajstić information content (AvgIpc) is 3.59. The molecule has 6 rings (SSSR count). The molecule has 2 N–H and O–H groups in total. The molecule has 2 unspecified atom stereocenters. The van der Waals surface area contributed by atoms with E-state index in [1.165, 1.54) is 12.3 Å². The molecule has 1 saturated carbocycles. The van der Waals surface area contributed by atoms with Gasteiger partial charge in [0, 0.05) is 47.4 Å². The Balaban J connectivity index is 1.70. The number of hydrogen-bond donors (Lipinski definition) is 2. The van der Waals surface area contributed by atoms with Crippen molar-refractivity contribution in [2.45, 2.75) is 43.9 Å². The second-order valence-corrected chi connectivity index (χ2v) is 9.58. The maximum absolute atomic E-state index is 16.1. The molecule has 1 aliphatic carbocycles. The zero-order chi connectivity index (χ0) is 24.3. The second-order valence-electron chi connectivity index (χ2n) is 9.58. The molecule has 1 aliphatic heterocycles. The summed E-state index contributed by atoms with van der Waals surface area (Å²) in [6.45, 7) is 1.08. The number of aliphatic carboxylic acids is 1. The van der Waals surface area contributed by atoms with Crippen LogP contribution >= 0.6 is 0 Å². The second kappa shape index (κ2) is 8.41. The van der Waals surface area contributed by atoms with Gasteiger partial charge in [-0.1, -0.05) is 0 Å². The minimum absolute atomic E-state index is 0.000917. The van der Waals surface area contributed by atoms with E-state index in [0.717, 1.165) is 23.4 Å². The largest absolute Gasteiger partial charge is 0.481 e. The molecule has 2 fully saturated rings. The third-order valence-electron chi connectivity index (χ3n) is 7.64. The lowest BCUT2D eigenvalue weighted by atomic mass is 9.86. The maximum atomic E-state index is 16.1. The summed E-state index contributed by atoms with van der Waals surface area (Å²) in [4.78, 5) is 11.7. The van der Waals surface area contributed by atoms with Gasteiger partial charge < -0.3 is 14.4 Å². The van der Waals surface area contributed by atoms with E-state index in [4.69, 9.17) is 4.74 Å². The number of benzene rings is 2. The quantitative estimate of drug-likeness (QED) is 0.385. The lowest BCUT2D eigenvalue weighted by Crippen LogP contribution is -2.19. The molecule has 0 amide bonds. The lowest BCUT2D eigenvalue weighted by Gasteiger charge is -2.27. The minimum atomic E-state index is -0.986. The molecule has 0 radical (unpaired) electrons. The Hall–Kier alpha value is -3.33. The van der Waals surface area contributed by atoms with Crippen molar-refractivity contribution >= 4 is 27.8 Å². The molecule has 0 spiro atoms. The highest BCUT2D eigenvalue weighted by Gasteiger charge is 2.38. The highest BCUT2D eigenvalue weighted by atomic mass is 19.2. The Kier molecular flexibility index (Phi) is 5.32. The number of ether oxygens (including phenoxy) is 1. The van der Waals surface area contributed by atoms with Gasteiger partial charge in [0.25, 0.3) is 0 Å². The highest BCUT2D eigenvalue weighted by Crippen LogP contribution is 2.49. The van der Waals surface area contributed by atoms with Crippen LogP contribution < -0.4 is 0 Å². The number of nitrogens with one attached hydrogen (secondary N) is 1. The minimum Gasteiger partial charge on any atom is -0.481 e. The summed E-state index contributed by atoms with van der Waals surface area (Å²) in [7, 11) is 0. The molecule has 6 nitrogen and oxygen atoms in total. The number of H-pyrrole nitrogens is 1. The fraction of sp³-hybridized carbons (Fsp3) is 0.385. The smallest absolute Gasteiger partial charge is 0.306 e. The van der Waals surface area contributed by atoms with Crippen LogP contribution in [0.4, 0.5) is 13.2 Å². The topological polar surface area (TPSA) is 80.1 Å². The van der Waals surface area contributed by atoms with Crippen molar-refractivity contribution < 1.29 is 27.8 Å². The number of hydrogen-bond acceptors (Lipinski definition) is 3. The number of aromatic amines is 1. The Morgan fingerprint density at radius 2 is 1.86 bits per heavy atom. The van der Waals surface area contributed by atoms with Gasteiger partial charge in [0.15, 0.2) is 17.5 Å². The molecular weight excluding hydrogens is 459 g/mol. The van der Waals surface area contributed by atoms with Crippen LogP contribution in [0, 0.1) is 23.4 Å². The third kappa shape index (κ3) is 3.52. The summed E-state index contributed by atoms with van der Waals surface area (Å²) >= 11 is 0. The first-order valence-electron chi connectivity index (χ1n) is 11.9. The third-order valence-corrected chi connectivity index (χ3v) is 7.64. The van der Waals surface area contributed by atoms with Gasteiger partial charge >= 0.3 is 5.97 Å². The van der Waals surface area contributed by atoms with E-state index in [0.29, 0.717) is 67.3 Å². The van der Waals surface area contributed by atoms with Gasteiger partial charge in [-0.05, 0) is 61.8 Å². The molecule has 2 atom stereocenters. The average molecular weight is 483 g/mol. The summed E-state index contributed by atoms with van der Waals surface area (Å²) in [5.41, 5.74) is 2.82. The molecular formula is C26H24F3N3O3. The van der Waals surface area contributed by atoms with E-state index in [1.807, 2.05) is 10.6 Å². The van der Waals surface area contributed by atoms with Crippen LogP contribution in [-0.2, 0) is 9.53 Å². The molecule has 9 heteroatoms. The van der Waals surface area contributed by atoms with E-state index < -0.39 is 29.3 Å². The van der Waals surface area contributed by atoms with E-state index in [2.05, 4.69) is 10.2 Å². The van der Waals surface area contributed by atoms with Gasteiger partial charge in [-0.25, -0.2) is 13.2 Å². The van der Waals surface area contributed by atoms with Gasteiger partial charge in [-0.3, -0.25) is 9.89 Å². The van der Waals surface area contributed by atoms with Crippen molar-refractivity contribution in [1.29, 1.82) is 0 Å². The SMILES string of the molecule is O=C(O)C1CCC(c2c(C3CCOCC3)n(-c3ccc(F)c(F)c3)c3cc4cn[nH]c4c(F)c23)C1. The van der Waals surface area contributed by atoms with E-state index >= 15 is 4.39 Å². The predicted molar refractivity (Wildman–Crippen MR) is 123 cm³/mol. The number of rotatable bonds is 4. The summed E-state index contributed by atoms with van der Waals surface area (Å²) in [5, 5.41) is 17.3. The number of fused-ring (bicyclic) bond motifs is 2. The normalized spacial score (nSPS) is 21.3. The fourth-order valence-electron chi connectivity index (χ4n) is 6.01. The maximum Gasteiger partial charge on any atom is 0.306 e. The van der Waals surface area contributed by atoms with E-state index in [-0.39, 0.29) is 17.4 Å². The predicted octanol–water partition coefficient (Wildman–Crippen LogP) is 5.79. The van der Waals surface area contributed by atoms with Crippen LogP contribution in [0.25, 0.3) is 27.5 Å². The van der Waals surface area contributed by atoms with Crippen molar-refractivity contribution in [3.63, 3.8) is 0 Å². The summed E-state index contributed by atoms with van der Waals surface area (Å²) < 4.78 is 51.8. The van der Waals surface area contributed by atoms with Crippen LogP contribution in [0.2, 0.25) is 0 Å². The number of carboxylic acids is 1. The van der Waals surface area contributed by atoms with Gasteiger partial charge in [-0.15, -0.1) is 0 Å². The first-order valence-corrected chi connectivity index (χ1v) is 11.9. The zero-order valence-corrected chi connectivity index (χ0v) is 18.9. The van der Waals surface area contributed by atoms with Gasteiger partial charge in [0.2, 0.25) is 0 Å². The molecule has 2 aliphatic rings. The van der Waals surface area contributed by atoms with Crippen molar-refractivity contribution in [3.05, 3.63) is 59.2 Å². The molecule has 2 aromatic heterocycles. The lowest BCUT2D eigenvalue weighted by molar-refractivity contribution is -0.141. The van der Waals surface area contributed by atoms with Crippen molar-refractivity contribution in [3.8, 4) is 5.69 Å². The Morgan fingerprint density at radius 1 is 1.06 bits per heavy atom. The molecule has 0 bridgehead atoms. The van der Waals surface area contributed by atoms with Gasteiger partial charge in [0.1, 0.15) is 5.52 Å². The molecule has 4 aromatic rings.